The highest BCUT2D eigenvalue weighted by molar-refractivity contribution is 9.10. The van der Waals surface area contributed by atoms with Crippen molar-refractivity contribution in [3.05, 3.63) is 63.6 Å². The lowest BCUT2D eigenvalue weighted by molar-refractivity contribution is 0.0980. The van der Waals surface area contributed by atoms with Gasteiger partial charge in [0.05, 0.1) is 5.56 Å². The maximum Gasteiger partial charge on any atom is 0.261 e. The van der Waals surface area contributed by atoms with Gasteiger partial charge in [-0.25, -0.2) is 8.78 Å². The zero-order valence-electron chi connectivity index (χ0n) is 11.1. The molecule has 2 nitrogen and oxygen atoms in total. The summed E-state index contributed by atoms with van der Waals surface area (Å²) >= 11 is 3.40. The number of anilines is 1. The largest absolute Gasteiger partial charge is 0.308 e. The van der Waals surface area contributed by atoms with Crippen molar-refractivity contribution in [3.8, 4) is 0 Å². The third-order valence-corrected chi connectivity index (χ3v) is 4.08. The Labute approximate surface area is 129 Å². The molecule has 2 aromatic carbocycles. The van der Waals surface area contributed by atoms with E-state index in [1.54, 1.807) is 0 Å². The number of halogens is 3. The average molecular weight is 352 g/mol. The molecule has 0 unspecified atom stereocenters. The maximum atomic E-state index is 13.8. The molecule has 3 rings (SSSR count). The van der Waals surface area contributed by atoms with Gasteiger partial charge in [0.15, 0.2) is 11.6 Å². The molecule has 0 saturated heterocycles. The molecule has 0 aromatic heterocycles. The van der Waals surface area contributed by atoms with Gasteiger partial charge in [0.25, 0.3) is 5.91 Å². The molecule has 0 saturated carbocycles. The van der Waals surface area contributed by atoms with Gasteiger partial charge >= 0.3 is 0 Å². The standard InChI is InChI=1S/C16H12BrF2NO/c17-11-6-7-14-10(9-11)3-2-8-20(14)16(21)12-4-1-5-13(18)15(12)19/h1,4-7,9H,2-3,8H2. The van der Waals surface area contributed by atoms with Crippen molar-refractivity contribution < 1.29 is 13.6 Å². The summed E-state index contributed by atoms with van der Waals surface area (Å²) < 4.78 is 28.1. The molecule has 0 fully saturated rings. The molecule has 0 N–H and O–H groups in total. The summed E-state index contributed by atoms with van der Waals surface area (Å²) in [7, 11) is 0. The summed E-state index contributed by atoms with van der Waals surface area (Å²) in [5.74, 6) is -2.60. The van der Waals surface area contributed by atoms with Crippen LogP contribution in [0.4, 0.5) is 14.5 Å². The van der Waals surface area contributed by atoms with Gasteiger partial charge in [-0.15, -0.1) is 0 Å². The molecular formula is C16H12BrF2NO. The average Bonchev–Trinajstić information content (AvgIpc) is 2.48. The first kappa shape index (κ1) is 14.2. The number of aryl methyl sites for hydroxylation is 1. The van der Waals surface area contributed by atoms with E-state index in [4.69, 9.17) is 0 Å². The van der Waals surface area contributed by atoms with E-state index >= 15 is 0 Å². The molecule has 21 heavy (non-hydrogen) atoms. The van der Waals surface area contributed by atoms with Gasteiger partial charge in [0, 0.05) is 16.7 Å². The normalized spacial score (nSPS) is 14.0. The van der Waals surface area contributed by atoms with Crippen LogP contribution >= 0.6 is 15.9 Å². The first-order valence-corrected chi connectivity index (χ1v) is 7.41. The minimum absolute atomic E-state index is 0.231. The van der Waals surface area contributed by atoms with Gasteiger partial charge in [0.2, 0.25) is 0 Å². The van der Waals surface area contributed by atoms with E-state index in [1.807, 2.05) is 18.2 Å². The predicted octanol–water partition coefficient (Wildman–Crippen LogP) is 4.32. The number of nitrogens with zero attached hydrogens (tertiary/aromatic N) is 1. The fourth-order valence-electron chi connectivity index (χ4n) is 2.59. The number of hydrogen-bond acceptors (Lipinski definition) is 1. The molecule has 0 spiro atoms. The summed E-state index contributed by atoms with van der Waals surface area (Å²) in [4.78, 5) is 14.0. The lowest BCUT2D eigenvalue weighted by Gasteiger charge is -2.29. The summed E-state index contributed by atoms with van der Waals surface area (Å²) in [6.45, 7) is 0.503. The summed E-state index contributed by atoms with van der Waals surface area (Å²) in [6, 6.07) is 9.29. The van der Waals surface area contributed by atoms with Crippen LogP contribution in [-0.4, -0.2) is 12.5 Å². The van der Waals surface area contributed by atoms with Crippen LogP contribution in [0, 0.1) is 11.6 Å². The second kappa shape index (κ2) is 5.56. The van der Waals surface area contributed by atoms with Crippen molar-refractivity contribution in [2.24, 2.45) is 0 Å². The SMILES string of the molecule is O=C(c1cccc(F)c1F)N1CCCc2cc(Br)ccc21. The zero-order valence-corrected chi connectivity index (χ0v) is 12.7. The van der Waals surface area contributed by atoms with Crippen LogP contribution in [0.2, 0.25) is 0 Å². The number of amides is 1. The van der Waals surface area contributed by atoms with Crippen LogP contribution in [0.1, 0.15) is 22.3 Å². The zero-order chi connectivity index (χ0) is 15.0. The Balaban J connectivity index is 2.02. The Morgan fingerprint density at radius 3 is 2.81 bits per heavy atom. The third kappa shape index (κ3) is 2.58. The molecule has 2 aromatic rings. The van der Waals surface area contributed by atoms with Gasteiger partial charge in [-0.3, -0.25) is 4.79 Å². The monoisotopic (exact) mass is 351 g/mol. The first-order chi connectivity index (χ1) is 10.1. The van der Waals surface area contributed by atoms with Gasteiger partial charge < -0.3 is 4.90 Å². The van der Waals surface area contributed by atoms with Gasteiger partial charge in [0.1, 0.15) is 0 Å². The number of rotatable bonds is 1. The first-order valence-electron chi connectivity index (χ1n) is 6.62. The van der Waals surface area contributed by atoms with Gasteiger partial charge in [-0.2, -0.15) is 0 Å². The summed E-state index contributed by atoms with van der Waals surface area (Å²) in [5.41, 5.74) is 1.56. The molecule has 0 radical (unpaired) electrons. The van der Waals surface area contributed by atoms with Crippen LogP contribution in [0.3, 0.4) is 0 Å². The van der Waals surface area contributed by atoms with Crippen molar-refractivity contribution in [2.75, 3.05) is 11.4 Å². The van der Waals surface area contributed by atoms with Crippen LogP contribution in [0.15, 0.2) is 40.9 Å². The van der Waals surface area contributed by atoms with E-state index in [-0.39, 0.29) is 5.56 Å². The predicted molar refractivity (Wildman–Crippen MR) is 80.5 cm³/mol. The topological polar surface area (TPSA) is 20.3 Å². The molecule has 1 amide bonds. The highest BCUT2D eigenvalue weighted by atomic mass is 79.9. The molecule has 1 aliphatic heterocycles. The van der Waals surface area contributed by atoms with Crippen LogP contribution in [0.25, 0.3) is 0 Å². The van der Waals surface area contributed by atoms with Crippen LogP contribution in [0.5, 0.6) is 0 Å². The van der Waals surface area contributed by atoms with E-state index in [0.29, 0.717) is 6.54 Å². The Kier molecular flexibility index (Phi) is 3.76. The van der Waals surface area contributed by atoms with Crippen molar-refractivity contribution in [2.45, 2.75) is 12.8 Å². The minimum atomic E-state index is -1.09. The van der Waals surface area contributed by atoms with Crippen molar-refractivity contribution in [1.82, 2.24) is 0 Å². The Morgan fingerprint density at radius 2 is 2.00 bits per heavy atom. The fraction of sp³-hybridized carbons (Fsp3) is 0.188. The maximum absolute atomic E-state index is 13.8. The van der Waals surface area contributed by atoms with Gasteiger partial charge in [-0.1, -0.05) is 22.0 Å². The van der Waals surface area contributed by atoms with E-state index < -0.39 is 17.5 Å². The molecule has 0 bridgehead atoms. The smallest absolute Gasteiger partial charge is 0.261 e. The van der Waals surface area contributed by atoms with Crippen molar-refractivity contribution in [3.63, 3.8) is 0 Å². The molecular weight excluding hydrogens is 340 g/mol. The summed E-state index contributed by atoms with van der Waals surface area (Å²) in [6.07, 6.45) is 1.66. The lowest BCUT2D eigenvalue weighted by atomic mass is 10.0. The highest BCUT2D eigenvalue weighted by Crippen LogP contribution is 2.31. The Bertz CT molecular complexity index is 717. The lowest BCUT2D eigenvalue weighted by Crippen LogP contribution is -2.36. The number of hydrogen-bond donors (Lipinski definition) is 0. The molecule has 5 heteroatoms. The van der Waals surface area contributed by atoms with E-state index in [0.717, 1.165) is 34.6 Å². The van der Waals surface area contributed by atoms with E-state index in [1.165, 1.54) is 17.0 Å². The van der Waals surface area contributed by atoms with E-state index in [2.05, 4.69) is 15.9 Å². The van der Waals surface area contributed by atoms with E-state index in [9.17, 15) is 13.6 Å². The van der Waals surface area contributed by atoms with Crippen LogP contribution < -0.4 is 4.90 Å². The number of carbonyl (C=O) groups is 1. The van der Waals surface area contributed by atoms with Crippen molar-refractivity contribution in [1.29, 1.82) is 0 Å². The quantitative estimate of drug-likeness (QED) is 0.749. The molecule has 108 valence electrons. The van der Waals surface area contributed by atoms with Crippen molar-refractivity contribution >= 4 is 27.5 Å². The molecule has 0 atom stereocenters. The Hall–Kier alpha value is -1.75. The summed E-state index contributed by atoms with van der Waals surface area (Å²) in [5, 5.41) is 0. The Morgan fingerprint density at radius 1 is 1.19 bits per heavy atom. The fourth-order valence-corrected chi connectivity index (χ4v) is 3.00. The van der Waals surface area contributed by atoms with Gasteiger partial charge in [-0.05, 0) is 48.7 Å². The second-order valence-corrected chi connectivity index (χ2v) is 5.85. The third-order valence-electron chi connectivity index (χ3n) is 3.59. The molecule has 1 heterocycles. The number of carbonyl (C=O) groups excluding carboxylic acids is 1. The molecule has 1 aliphatic rings. The number of fused-ring (bicyclic) bond motifs is 1. The number of benzene rings is 2. The van der Waals surface area contributed by atoms with Crippen LogP contribution in [-0.2, 0) is 6.42 Å². The highest BCUT2D eigenvalue weighted by Gasteiger charge is 2.26. The second-order valence-electron chi connectivity index (χ2n) is 4.93. The minimum Gasteiger partial charge on any atom is -0.308 e. The molecule has 0 aliphatic carbocycles.